The fourth-order valence-corrected chi connectivity index (χ4v) is 4.60. The van der Waals surface area contributed by atoms with Gasteiger partial charge in [-0.25, -0.2) is 8.42 Å². The van der Waals surface area contributed by atoms with E-state index >= 15 is 0 Å². The minimum absolute atomic E-state index is 0.0317. The highest BCUT2D eigenvalue weighted by atomic mass is 32.2. The quantitative estimate of drug-likeness (QED) is 0.278. The second-order valence-electron chi connectivity index (χ2n) is 7.93. The summed E-state index contributed by atoms with van der Waals surface area (Å²) in [7, 11) is -6.21. The average molecular weight is 414 g/mol. The molecule has 0 aliphatic heterocycles. The number of esters is 1. The molecule has 0 amide bonds. The second-order valence-corrected chi connectivity index (χ2v) is 14.5. The van der Waals surface area contributed by atoms with E-state index in [0.29, 0.717) is 0 Å². The van der Waals surface area contributed by atoms with Crippen LogP contribution in [0.1, 0.15) is 33.3 Å². The molecule has 1 aromatic carbocycles. The molecule has 0 aromatic heterocycles. The Kier molecular flexibility index (Phi) is 7.97. The zero-order valence-electron chi connectivity index (χ0n) is 17.3. The largest absolute Gasteiger partial charge is 0.462 e. The van der Waals surface area contributed by atoms with Crippen molar-refractivity contribution in [1.29, 1.82) is 0 Å². The van der Waals surface area contributed by atoms with Gasteiger partial charge in [0, 0.05) is 6.92 Å². The molecule has 0 saturated heterocycles. The lowest BCUT2D eigenvalue weighted by Gasteiger charge is -2.39. The molecule has 0 fully saturated rings. The van der Waals surface area contributed by atoms with Crippen LogP contribution in [0, 0.1) is 6.92 Å². The molecule has 152 valence electrons. The first kappa shape index (κ1) is 23.6. The van der Waals surface area contributed by atoms with Gasteiger partial charge in [-0.2, -0.15) is 0 Å². The van der Waals surface area contributed by atoms with Crippen molar-refractivity contribution >= 4 is 24.3 Å². The Labute approximate surface area is 164 Å². The van der Waals surface area contributed by atoms with Gasteiger partial charge < -0.3 is 9.26 Å². The van der Waals surface area contributed by atoms with Crippen LogP contribution >= 0.6 is 0 Å². The van der Waals surface area contributed by atoms with E-state index < -0.39 is 18.3 Å². The number of carbonyl (C=O) groups is 1. The zero-order valence-corrected chi connectivity index (χ0v) is 19.1. The molecule has 1 aromatic rings. The van der Waals surface area contributed by atoms with Crippen LogP contribution in [0.2, 0.25) is 18.1 Å². The third-order valence-corrected chi connectivity index (χ3v) is 10.6. The normalized spacial score (nSPS) is 13.3. The molecular weight excluding hydrogens is 382 g/mol. The highest BCUT2D eigenvalue weighted by molar-refractivity contribution is 7.89. The minimum Gasteiger partial charge on any atom is -0.462 e. The van der Waals surface area contributed by atoms with Crippen LogP contribution in [-0.2, 0) is 24.1 Å². The number of ether oxygens (including phenoxy) is 1. The van der Waals surface area contributed by atoms with Gasteiger partial charge in [-0.1, -0.05) is 49.0 Å². The molecule has 27 heavy (non-hydrogen) atoms. The zero-order chi connectivity index (χ0) is 20.9. The summed E-state index contributed by atoms with van der Waals surface area (Å²) in [4.78, 5) is 11.0. The first-order valence-corrected chi connectivity index (χ1v) is 13.2. The van der Waals surface area contributed by atoms with Gasteiger partial charge in [-0.3, -0.25) is 4.79 Å². The third kappa shape index (κ3) is 6.88. The SMILES string of the molecule is CC(=O)OC/C=C\CN(O[Si](C)(C)C(C)(C)C)S(=O)(=O)c1ccc(C)cc1. The first-order valence-electron chi connectivity index (χ1n) is 8.84. The number of hydroxylamine groups is 1. The van der Waals surface area contributed by atoms with E-state index in [9.17, 15) is 13.2 Å². The molecular formula is C19H31NO5SSi. The van der Waals surface area contributed by atoms with E-state index in [1.165, 1.54) is 6.92 Å². The van der Waals surface area contributed by atoms with Crippen LogP contribution in [0.3, 0.4) is 0 Å². The van der Waals surface area contributed by atoms with Crippen LogP contribution in [0.15, 0.2) is 41.3 Å². The lowest BCUT2D eigenvalue weighted by atomic mass is 10.2. The Bertz CT molecular complexity index is 764. The van der Waals surface area contributed by atoms with Crippen LogP contribution in [-0.4, -0.2) is 40.3 Å². The van der Waals surface area contributed by atoms with Crippen molar-refractivity contribution in [3.63, 3.8) is 0 Å². The van der Waals surface area contributed by atoms with Crippen molar-refractivity contribution in [3.8, 4) is 0 Å². The summed E-state index contributed by atoms with van der Waals surface area (Å²) in [5, 5.41) is -0.157. The lowest BCUT2D eigenvalue weighted by molar-refractivity contribution is -0.139. The van der Waals surface area contributed by atoms with E-state index in [1.54, 1.807) is 36.4 Å². The number of aryl methyl sites for hydroxylation is 1. The summed E-state index contributed by atoms with van der Waals surface area (Å²) < 4.78 is 38.2. The molecule has 0 spiro atoms. The van der Waals surface area contributed by atoms with E-state index in [4.69, 9.17) is 9.26 Å². The molecule has 0 atom stereocenters. The van der Waals surface area contributed by atoms with Gasteiger partial charge >= 0.3 is 5.97 Å². The minimum atomic E-state index is -3.83. The van der Waals surface area contributed by atoms with E-state index in [1.807, 2.05) is 40.8 Å². The van der Waals surface area contributed by atoms with Gasteiger partial charge in [-0.15, -0.1) is 0 Å². The van der Waals surface area contributed by atoms with Crippen LogP contribution in [0.4, 0.5) is 0 Å². The number of hydrogen-bond donors (Lipinski definition) is 0. The summed E-state index contributed by atoms with van der Waals surface area (Å²) in [6.45, 7) is 13.5. The standard InChI is InChI=1S/C19H31NO5SSi/c1-16-10-12-18(13-11-16)26(22,23)20(14-8-9-15-24-17(2)21)25-27(6,7)19(3,4)5/h8-13H,14-15H2,1-7H3/b9-8-. The van der Waals surface area contributed by atoms with Crippen molar-refractivity contribution < 1.29 is 22.5 Å². The molecule has 0 bridgehead atoms. The maximum absolute atomic E-state index is 13.1. The van der Waals surface area contributed by atoms with Gasteiger partial charge in [0.15, 0.2) is 0 Å². The molecule has 0 heterocycles. The maximum Gasteiger partial charge on any atom is 0.302 e. The summed E-state index contributed by atoms with van der Waals surface area (Å²) in [6.07, 6.45) is 3.23. The molecule has 0 unspecified atom stereocenters. The Morgan fingerprint density at radius 3 is 2.19 bits per heavy atom. The van der Waals surface area contributed by atoms with E-state index in [2.05, 4.69) is 0 Å². The predicted octanol–water partition coefficient (Wildman–Crippen LogP) is 4.04. The summed E-state index contributed by atoms with van der Waals surface area (Å²) in [5.74, 6) is -0.388. The third-order valence-electron chi connectivity index (χ3n) is 4.53. The Balaban J connectivity index is 3.12. The molecule has 0 saturated carbocycles. The van der Waals surface area contributed by atoms with E-state index in [0.717, 1.165) is 10.0 Å². The van der Waals surface area contributed by atoms with Crippen molar-refractivity contribution in [1.82, 2.24) is 4.47 Å². The van der Waals surface area contributed by atoms with Crippen molar-refractivity contribution in [2.45, 2.75) is 57.6 Å². The molecule has 8 heteroatoms. The first-order chi connectivity index (χ1) is 12.3. The van der Waals surface area contributed by atoms with Crippen LogP contribution in [0.5, 0.6) is 0 Å². The van der Waals surface area contributed by atoms with Crippen LogP contribution in [0.25, 0.3) is 0 Å². The predicted molar refractivity (Wildman–Crippen MR) is 109 cm³/mol. The van der Waals surface area contributed by atoms with Gasteiger partial charge in [-0.05, 0) is 43.3 Å². The van der Waals surface area contributed by atoms with Gasteiger partial charge in [0.05, 0.1) is 11.4 Å². The summed E-state index contributed by atoms with van der Waals surface area (Å²) in [5.41, 5.74) is 0.979. The Morgan fingerprint density at radius 2 is 1.70 bits per heavy atom. The average Bonchev–Trinajstić information content (AvgIpc) is 2.52. The van der Waals surface area contributed by atoms with Crippen molar-refractivity contribution in [3.05, 3.63) is 42.0 Å². The van der Waals surface area contributed by atoms with Gasteiger partial charge in [0.1, 0.15) is 6.61 Å². The number of carbonyl (C=O) groups excluding carboxylic acids is 1. The molecule has 1 rings (SSSR count). The number of hydrogen-bond acceptors (Lipinski definition) is 5. The number of nitrogens with zero attached hydrogens (tertiary/aromatic N) is 1. The Morgan fingerprint density at radius 1 is 1.15 bits per heavy atom. The monoisotopic (exact) mass is 413 g/mol. The van der Waals surface area contributed by atoms with E-state index in [-0.39, 0.29) is 29.1 Å². The molecule has 0 aliphatic rings. The summed E-state index contributed by atoms with van der Waals surface area (Å²) in [6, 6.07) is 6.67. The fraction of sp³-hybridized carbons (Fsp3) is 0.526. The number of rotatable bonds is 8. The second kappa shape index (κ2) is 9.14. The summed E-state index contributed by atoms with van der Waals surface area (Å²) >= 11 is 0. The molecule has 0 radical (unpaired) electrons. The highest BCUT2D eigenvalue weighted by Gasteiger charge is 2.42. The topological polar surface area (TPSA) is 72.9 Å². The molecule has 0 aliphatic carbocycles. The van der Waals surface area contributed by atoms with Crippen molar-refractivity contribution in [2.75, 3.05) is 13.2 Å². The van der Waals surface area contributed by atoms with Crippen LogP contribution < -0.4 is 0 Å². The lowest BCUT2D eigenvalue weighted by Crippen LogP contribution is -2.48. The molecule has 0 N–H and O–H groups in total. The smallest absolute Gasteiger partial charge is 0.302 e. The number of sulfonamides is 1. The van der Waals surface area contributed by atoms with Gasteiger partial charge in [0.25, 0.3) is 10.0 Å². The number of benzene rings is 1. The molecule has 6 nitrogen and oxygen atoms in total. The fourth-order valence-electron chi connectivity index (χ4n) is 1.80. The maximum atomic E-state index is 13.1. The Hall–Kier alpha value is -1.48. The highest BCUT2D eigenvalue weighted by Crippen LogP contribution is 2.38. The van der Waals surface area contributed by atoms with Gasteiger partial charge in [0.2, 0.25) is 8.32 Å². The van der Waals surface area contributed by atoms with Crippen molar-refractivity contribution in [2.24, 2.45) is 0 Å².